The molecule has 2 unspecified atom stereocenters. The molecule has 3 N–H and O–H groups in total. The summed E-state index contributed by atoms with van der Waals surface area (Å²) in [6.07, 6.45) is 8.03. The monoisotopic (exact) mass is 193 g/mol. The molecule has 4 heteroatoms. The molecular weight excluding hydrogens is 178 g/mol. The van der Waals surface area contributed by atoms with E-state index in [2.05, 4.69) is 16.3 Å². The maximum atomic E-state index is 11.5. The molecule has 1 aliphatic heterocycles. The van der Waals surface area contributed by atoms with Crippen molar-refractivity contribution in [2.45, 2.75) is 18.1 Å². The van der Waals surface area contributed by atoms with E-state index >= 15 is 0 Å². The van der Waals surface area contributed by atoms with Crippen molar-refractivity contribution < 1.29 is 4.79 Å². The minimum atomic E-state index is -0.424. The number of fused-ring (bicyclic) bond motifs is 1. The molecule has 0 bridgehead atoms. The number of nitrogens with one attached hydrogen (secondary N) is 1. The van der Waals surface area contributed by atoms with E-state index in [1.54, 1.807) is 0 Å². The molecule has 1 amide bonds. The van der Waals surface area contributed by atoms with Crippen LogP contribution in [0.5, 0.6) is 0 Å². The second-order valence-corrected chi connectivity index (χ2v) is 3.84. The van der Waals surface area contributed by atoms with Gasteiger partial charge in [-0.2, -0.15) is 0 Å². The highest BCUT2D eigenvalue weighted by atomic mass is 16.2. The number of allylic oxidation sites excluding steroid dienone is 2. The Balaban J connectivity index is 2.23. The lowest BCUT2D eigenvalue weighted by Gasteiger charge is -2.29. The molecule has 76 valence electrons. The fraction of sp³-hybridized carbons (Fsp3) is 0.500. The largest absolute Gasteiger partial charge is 0.347 e. The zero-order chi connectivity index (χ0) is 10.1. The van der Waals surface area contributed by atoms with Gasteiger partial charge in [0.2, 0.25) is 5.91 Å². The van der Waals surface area contributed by atoms with Gasteiger partial charge in [-0.3, -0.25) is 9.69 Å². The number of hydrogen-bond donors (Lipinski definition) is 2. The van der Waals surface area contributed by atoms with Crippen LogP contribution in [-0.2, 0) is 4.79 Å². The summed E-state index contributed by atoms with van der Waals surface area (Å²) in [6.45, 7) is 0.602. The highest BCUT2D eigenvalue weighted by molar-refractivity contribution is 5.82. The van der Waals surface area contributed by atoms with E-state index in [4.69, 9.17) is 5.73 Å². The topological polar surface area (TPSA) is 58.4 Å². The highest BCUT2D eigenvalue weighted by Gasteiger charge is 2.31. The Morgan fingerprint density at radius 1 is 1.50 bits per heavy atom. The molecule has 14 heavy (non-hydrogen) atoms. The third-order valence-electron chi connectivity index (χ3n) is 2.75. The fourth-order valence-electron chi connectivity index (χ4n) is 1.94. The summed E-state index contributed by atoms with van der Waals surface area (Å²) in [7, 11) is 1.99. The first-order valence-electron chi connectivity index (χ1n) is 4.79. The number of nitrogens with zero attached hydrogens (tertiary/aromatic N) is 1. The summed E-state index contributed by atoms with van der Waals surface area (Å²) in [5.74, 6) is -0.0655. The number of likely N-dealkylation sites (N-methyl/N-ethyl adjacent to an activating group) is 1. The Kier molecular flexibility index (Phi) is 2.39. The van der Waals surface area contributed by atoms with Gasteiger partial charge < -0.3 is 11.1 Å². The summed E-state index contributed by atoms with van der Waals surface area (Å²) in [6, 6.07) is -0.129. The zero-order valence-corrected chi connectivity index (χ0v) is 8.18. The third-order valence-corrected chi connectivity index (χ3v) is 2.75. The zero-order valence-electron chi connectivity index (χ0n) is 8.18. The predicted molar refractivity (Wildman–Crippen MR) is 54.6 cm³/mol. The first kappa shape index (κ1) is 9.43. The SMILES string of the molecule is CN1C[C@H](N)C(=O)NC2C=CC=CC21. The fourth-order valence-corrected chi connectivity index (χ4v) is 1.94. The molecule has 0 aromatic rings. The van der Waals surface area contributed by atoms with Gasteiger partial charge in [0.1, 0.15) is 0 Å². The standard InChI is InChI=1S/C10H15N3O/c1-13-6-7(11)10(14)12-8-4-2-3-5-9(8)13/h2-5,7-9H,6,11H2,1H3,(H,12,14)/t7-,8?,9?/m0/s1. The van der Waals surface area contributed by atoms with Crippen LogP contribution in [0.15, 0.2) is 24.3 Å². The van der Waals surface area contributed by atoms with E-state index in [1.165, 1.54) is 0 Å². The Morgan fingerprint density at radius 3 is 3.00 bits per heavy atom. The Labute approximate surface area is 83.4 Å². The van der Waals surface area contributed by atoms with Gasteiger partial charge in [0.15, 0.2) is 0 Å². The molecule has 0 radical (unpaired) electrons. The van der Waals surface area contributed by atoms with E-state index < -0.39 is 6.04 Å². The van der Waals surface area contributed by atoms with Gasteiger partial charge in [-0.15, -0.1) is 0 Å². The molecule has 3 atom stereocenters. The van der Waals surface area contributed by atoms with E-state index in [0.29, 0.717) is 6.54 Å². The lowest BCUT2D eigenvalue weighted by Crippen LogP contribution is -2.46. The van der Waals surface area contributed by atoms with E-state index in [0.717, 1.165) is 0 Å². The number of rotatable bonds is 0. The maximum Gasteiger partial charge on any atom is 0.238 e. The molecule has 1 fully saturated rings. The van der Waals surface area contributed by atoms with Gasteiger partial charge in [0.05, 0.1) is 18.1 Å². The average molecular weight is 193 g/mol. The molecule has 4 nitrogen and oxygen atoms in total. The van der Waals surface area contributed by atoms with Gasteiger partial charge in [-0.25, -0.2) is 0 Å². The summed E-state index contributed by atoms with van der Waals surface area (Å²) < 4.78 is 0. The second-order valence-electron chi connectivity index (χ2n) is 3.84. The first-order chi connectivity index (χ1) is 6.68. The van der Waals surface area contributed by atoms with Crippen LogP contribution in [-0.4, -0.2) is 42.5 Å². The van der Waals surface area contributed by atoms with Crippen LogP contribution in [0.4, 0.5) is 0 Å². The molecule has 0 saturated carbocycles. The summed E-state index contributed by atoms with van der Waals surface area (Å²) >= 11 is 0. The molecule has 0 aromatic heterocycles. The van der Waals surface area contributed by atoms with Crippen molar-refractivity contribution in [1.82, 2.24) is 10.2 Å². The van der Waals surface area contributed by atoms with Crippen LogP contribution in [0.3, 0.4) is 0 Å². The molecular formula is C10H15N3O. The minimum Gasteiger partial charge on any atom is -0.347 e. The first-order valence-corrected chi connectivity index (χ1v) is 4.79. The van der Waals surface area contributed by atoms with Gasteiger partial charge >= 0.3 is 0 Å². The number of amides is 1. The van der Waals surface area contributed by atoms with Gasteiger partial charge in [-0.05, 0) is 7.05 Å². The van der Waals surface area contributed by atoms with Crippen LogP contribution in [0.25, 0.3) is 0 Å². The van der Waals surface area contributed by atoms with Crippen LogP contribution >= 0.6 is 0 Å². The van der Waals surface area contributed by atoms with Crippen molar-refractivity contribution in [3.8, 4) is 0 Å². The molecule has 0 spiro atoms. The molecule has 1 saturated heterocycles. The van der Waals surface area contributed by atoms with Crippen molar-refractivity contribution in [1.29, 1.82) is 0 Å². The highest BCUT2D eigenvalue weighted by Crippen LogP contribution is 2.14. The Bertz CT molecular complexity index is 298. The van der Waals surface area contributed by atoms with Crippen LogP contribution < -0.4 is 11.1 Å². The van der Waals surface area contributed by atoms with Crippen molar-refractivity contribution in [3.05, 3.63) is 24.3 Å². The number of nitrogens with two attached hydrogens (primary N) is 1. The normalized spacial score (nSPS) is 37.6. The Morgan fingerprint density at radius 2 is 2.21 bits per heavy atom. The summed E-state index contributed by atoms with van der Waals surface area (Å²) in [5.41, 5.74) is 5.72. The second kappa shape index (κ2) is 3.55. The lowest BCUT2D eigenvalue weighted by molar-refractivity contribution is -0.122. The van der Waals surface area contributed by atoms with Crippen LogP contribution in [0, 0.1) is 0 Å². The van der Waals surface area contributed by atoms with Gasteiger partial charge in [0, 0.05) is 6.54 Å². The molecule has 1 heterocycles. The smallest absolute Gasteiger partial charge is 0.238 e. The van der Waals surface area contributed by atoms with Crippen molar-refractivity contribution in [2.24, 2.45) is 5.73 Å². The molecule has 2 aliphatic rings. The van der Waals surface area contributed by atoms with Crippen molar-refractivity contribution in [3.63, 3.8) is 0 Å². The third kappa shape index (κ3) is 1.58. The van der Waals surface area contributed by atoms with Crippen LogP contribution in [0.2, 0.25) is 0 Å². The number of carbonyl (C=O) groups is 1. The van der Waals surface area contributed by atoms with E-state index in [-0.39, 0.29) is 18.0 Å². The van der Waals surface area contributed by atoms with Crippen molar-refractivity contribution in [2.75, 3.05) is 13.6 Å². The van der Waals surface area contributed by atoms with Gasteiger partial charge in [-0.1, -0.05) is 24.3 Å². The van der Waals surface area contributed by atoms with Crippen molar-refractivity contribution >= 4 is 5.91 Å². The average Bonchev–Trinajstić information content (AvgIpc) is 2.27. The summed E-state index contributed by atoms with van der Waals surface area (Å²) in [4.78, 5) is 13.6. The predicted octanol–water partition coefficient (Wildman–Crippen LogP) is -0.761. The molecule has 1 aliphatic carbocycles. The van der Waals surface area contributed by atoms with E-state index in [1.807, 2.05) is 25.3 Å². The quantitative estimate of drug-likeness (QED) is 0.531. The molecule has 2 rings (SSSR count). The van der Waals surface area contributed by atoms with Gasteiger partial charge in [0.25, 0.3) is 0 Å². The van der Waals surface area contributed by atoms with E-state index in [9.17, 15) is 4.79 Å². The lowest BCUT2D eigenvalue weighted by atomic mass is 10.0. The molecule has 0 aromatic carbocycles. The summed E-state index contributed by atoms with van der Waals surface area (Å²) in [5, 5.41) is 2.92. The number of carbonyl (C=O) groups excluding carboxylic acids is 1. The minimum absolute atomic E-state index is 0.0612. The number of hydrogen-bond acceptors (Lipinski definition) is 3. The maximum absolute atomic E-state index is 11.5. The Hall–Kier alpha value is -1.13. The van der Waals surface area contributed by atoms with Crippen LogP contribution in [0.1, 0.15) is 0 Å².